The van der Waals surface area contributed by atoms with Gasteiger partial charge in [-0.05, 0) is 5.56 Å². The third-order valence-electron chi connectivity index (χ3n) is 1.03. The van der Waals surface area contributed by atoms with E-state index in [1.54, 1.807) is 0 Å². The number of hydrogen-bond acceptors (Lipinski definition) is 1. The normalized spacial score (nSPS) is 8.33. The first-order valence-electron chi connectivity index (χ1n) is 3.15. The molecule has 12 heavy (non-hydrogen) atoms. The molecule has 1 aromatic rings. The number of hydrogen-bond donors (Lipinski definition) is 1. The Labute approximate surface area is 110 Å². The van der Waals surface area contributed by atoms with Gasteiger partial charge in [0.2, 0.25) is 0 Å². The molecule has 0 unspecified atom stereocenters. The molecular weight excluding hydrogens is 529 g/mol. The SMILES string of the molecule is OCc1ccccc1.[I][Ti]([I])[I]. The number of benzene rings is 1. The minimum atomic E-state index is -0.423. The second-order valence-corrected chi connectivity index (χ2v) is 41.4. The Hall–Kier alpha value is 2.08. The average Bonchev–Trinajstić information content (AvgIpc) is 2.05. The summed E-state index contributed by atoms with van der Waals surface area (Å²) in [5.74, 6) is 0. The first-order valence-corrected chi connectivity index (χ1v) is 18.3. The predicted octanol–water partition coefficient (Wildman–Crippen LogP) is 3.83. The van der Waals surface area contributed by atoms with E-state index < -0.39 is 6.63 Å². The van der Waals surface area contributed by atoms with Crippen molar-refractivity contribution < 1.29 is 11.7 Å². The third kappa shape index (κ3) is 10.2. The summed E-state index contributed by atoms with van der Waals surface area (Å²) < 4.78 is 0. The second-order valence-electron chi connectivity index (χ2n) is 1.86. The van der Waals surface area contributed by atoms with Gasteiger partial charge in [0.15, 0.2) is 0 Å². The van der Waals surface area contributed by atoms with Crippen molar-refractivity contribution in [3.63, 3.8) is 0 Å². The number of halogens is 3. The van der Waals surface area contributed by atoms with Crippen LogP contribution in [0.3, 0.4) is 0 Å². The standard InChI is InChI=1S/C7H8O.3HI.Ti/c8-6-7-4-2-1-3-5-7;;;;/h1-5,8H,6H2;3*1H;/q;;;;+3/p-3. The van der Waals surface area contributed by atoms with Gasteiger partial charge in [0.1, 0.15) is 0 Å². The summed E-state index contributed by atoms with van der Waals surface area (Å²) in [6.07, 6.45) is 0. The van der Waals surface area contributed by atoms with Crippen LogP contribution >= 0.6 is 57.6 Å². The van der Waals surface area contributed by atoms with Crippen molar-refractivity contribution in [3.8, 4) is 0 Å². The fourth-order valence-electron chi connectivity index (χ4n) is 0.583. The van der Waals surface area contributed by atoms with Gasteiger partial charge in [-0.25, -0.2) is 0 Å². The molecule has 1 rings (SSSR count). The molecule has 0 aliphatic rings. The van der Waals surface area contributed by atoms with Crippen molar-refractivity contribution in [1.29, 1.82) is 0 Å². The summed E-state index contributed by atoms with van der Waals surface area (Å²) in [6.45, 7) is -0.284. The molecule has 0 heterocycles. The Kier molecular flexibility index (Phi) is 11.3. The van der Waals surface area contributed by atoms with Crippen molar-refractivity contribution >= 4 is 57.6 Å². The van der Waals surface area contributed by atoms with Gasteiger partial charge in [-0.1, -0.05) is 30.3 Å². The van der Waals surface area contributed by atoms with Crippen LogP contribution in [0.5, 0.6) is 0 Å². The summed E-state index contributed by atoms with van der Waals surface area (Å²) in [6, 6.07) is 9.52. The third-order valence-corrected chi connectivity index (χ3v) is 1.03. The van der Waals surface area contributed by atoms with Gasteiger partial charge < -0.3 is 5.11 Å². The molecule has 0 aromatic heterocycles. The Morgan fingerprint density at radius 2 is 1.50 bits per heavy atom. The predicted molar refractivity (Wildman–Crippen MR) is 74.4 cm³/mol. The topological polar surface area (TPSA) is 20.2 Å². The van der Waals surface area contributed by atoms with Gasteiger partial charge >= 0.3 is 64.2 Å². The van der Waals surface area contributed by atoms with Crippen molar-refractivity contribution in [2.45, 2.75) is 6.61 Å². The summed E-state index contributed by atoms with van der Waals surface area (Å²) in [4.78, 5) is 0. The van der Waals surface area contributed by atoms with Crippen LogP contribution in [0.15, 0.2) is 30.3 Å². The summed E-state index contributed by atoms with van der Waals surface area (Å²) in [7, 11) is 0. The molecule has 0 saturated heterocycles. The zero-order valence-corrected chi connectivity index (χ0v) is 14.2. The quantitative estimate of drug-likeness (QED) is 0.427. The van der Waals surface area contributed by atoms with Gasteiger partial charge in [-0.3, -0.25) is 0 Å². The fourth-order valence-corrected chi connectivity index (χ4v) is 0.583. The number of aliphatic hydroxyl groups excluding tert-OH is 1. The summed E-state index contributed by atoms with van der Waals surface area (Å²) >= 11 is 7.45. The Bertz CT molecular complexity index is 190. The summed E-state index contributed by atoms with van der Waals surface area (Å²) in [5, 5.41) is 8.54. The molecule has 1 nitrogen and oxygen atoms in total. The molecule has 67 valence electrons. The zero-order chi connectivity index (χ0) is 9.40. The van der Waals surface area contributed by atoms with E-state index in [0.29, 0.717) is 0 Å². The van der Waals surface area contributed by atoms with Crippen molar-refractivity contribution in [2.24, 2.45) is 0 Å². The Morgan fingerprint density at radius 1 is 1.08 bits per heavy atom. The molecular formula is C7H8I3OTi. The van der Waals surface area contributed by atoms with Crippen molar-refractivity contribution in [2.75, 3.05) is 0 Å². The Morgan fingerprint density at radius 3 is 1.75 bits per heavy atom. The molecule has 0 aliphatic carbocycles. The molecule has 1 aromatic carbocycles. The van der Waals surface area contributed by atoms with Gasteiger partial charge in [0, 0.05) is 0 Å². The van der Waals surface area contributed by atoms with Crippen LogP contribution in [0.2, 0.25) is 0 Å². The molecule has 0 spiro atoms. The van der Waals surface area contributed by atoms with E-state index >= 15 is 0 Å². The van der Waals surface area contributed by atoms with Crippen LogP contribution in [-0.2, 0) is 13.2 Å². The van der Waals surface area contributed by atoms with Crippen LogP contribution in [0.1, 0.15) is 5.56 Å². The second kappa shape index (κ2) is 9.63. The van der Waals surface area contributed by atoms with Crippen molar-refractivity contribution in [3.05, 3.63) is 35.9 Å². The molecule has 5 heteroatoms. The van der Waals surface area contributed by atoms with Crippen LogP contribution in [0.25, 0.3) is 0 Å². The van der Waals surface area contributed by atoms with Gasteiger partial charge in [0.05, 0.1) is 6.61 Å². The summed E-state index contributed by atoms with van der Waals surface area (Å²) in [5.41, 5.74) is 0.965. The Balaban J connectivity index is 0.000000261. The van der Waals surface area contributed by atoms with E-state index in [0.717, 1.165) is 5.56 Å². The maximum atomic E-state index is 8.54. The van der Waals surface area contributed by atoms with E-state index in [-0.39, 0.29) is 6.61 Å². The maximum absolute atomic E-state index is 8.54. The van der Waals surface area contributed by atoms with Crippen LogP contribution < -0.4 is 0 Å². The molecule has 0 radical (unpaired) electrons. The van der Waals surface area contributed by atoms with Crippen LogP contribution in [-0.4, -0.2) is 5.11 Å². The number of rotatable bonds is 1. The van der Waals surface area contributed by atoms with Gasteiger partial charge in [0.25, 0.3) is 0 Å². The molecule has 0 atom stereocenters. The molecule has 0 fully saturated rings. The van der Waals surface area contributed by atoms with Crippen LogP contribution in [0.4, 0.5) is 0 Å². The van der Waals surface area contributed by atoms with Gasteiger partial charge in [-0.2, -0.15) is 0 Å². The number of aliphatic hydroxyl groups is 1. The zero-order valence-electron chi connectivity index (χ0n) is 6.17. The van der Waals surface area contributed by atoms with E-state index in [1.165, 1.54) is 0 Å². The van der Waals surface area contributed by atoms with Gasteiger partial charge in [-0.15, -0.1) is 0 Å². The molecule has 0 amide bonds. The van der Waals surface area contributed by atoms with E-state index in [9.17, 15) is 0 Å². The van der Waals surface area contributed by atoms with E-state index in [1.807, 2.05) is 30.3 Å². The van der Waals surface area contributed by atoms with E-state index in [2.05, 4.69) is 57.6 Å². The molecule has 1 N–H and O–H groups in total. The first kappa shape index (κ1) is 14.1. The van der Waals surface area contributed by atoms with Crippen LogP contribution in [0, 0.1) is 0 Å². The minimum absolute atomic E-state index is 0.140. The average molecular weight is 537 g/mol. The molecule has 0 aliphatic heterocycles. The monoisotopic (exact) mass is 537 g/mol. The molecule has 0 saturated carbocycles. The fraction of sp³-hybridized carbons (Fsp3) is 0.143. The molecule has 0 bridgehead atoms. The van der Waals surface area contributed by atoms with E-state index in [4.69, 9.17) is 5.11 Å². The first-order chi connectivity index (χ1) is 5.66. The van der Waals surface area contributed by atoms with Crippen molar-refractivity contribution in [1.82, 2.24) is 0 Å².